The van der Waals surface area contributed by atoms with Gasteiger partial charge in [0.2, 0.25) is 5.91 Å². The molecule has 2 amide bonds. The summed E-state index contributed by atoms with van der Waals surface area (Å²) in [4.78, 5) is 39.2. The Balaban J connectivity index is 1.45. The van der Waals surface area contributed by atoms with Crippen LogP contribution in [-0.4, -0.2) is 23.3 Å². The van der Waals surface area contributed by atoms with Gasteiger partial charge in [-0.1, -0.05) is 24.3 Å². The number of H-pyrrole nitrogens is 1. The molecule has 0 bridgehead atoms. The highest BCUT2D eigenvalue weighted by atomic mass is 16.2. The first-order valence-corrected chi connectivity index (χ1v) is 8.93. The van der Waals surface area contributed by atoms with E-state index in [1.54, 1.807) is 30.3 Å². The third-order valence-corrected chi connectivity index (χ3v) is 4.81. The van der Waals surface area contributed by atoms with Crippen molar-refractivity contribution in [3.8, 4) is 0 Å². The standard InChI is InChI=1S/C21H19N3O3/c25-19(12-22-20(26)13-5-2-1-3-6-13)23-14-9-10-16-15-7-4-8-17(15)21(27)24-18(16)11-14/h1-3,5-6,9-11H,4,7-8,12H2,(H,22,26)(H,23,25)(H,24,27). The smallest absolute Gasteiger partial charge is 0.251 e. The number of carbonyl (C=O) groups is 2. The zero-order valence-corrected chi connectivity index (χ0v) is 14.7. The maximum atomic E-state index is 12.2. The lowest BCUT2D eigenvalue weighted by Gasteiger charge is -2.10. The Morgan fingerprint density at radius 1 is 1.00 bits per heavy atom. The van der Waals surface area contributed by atoms with Gasteiger partial charge in [-0.05, 0) is 49.1 Å². The number of pyridine rings is 1. The number of amides is 2. The minimum Gasteiger partial charge on any atom is -0.343 e. The number of aryl methyl sites for hydroxylation is 1. The fraction of sp³-hybridized carbons (Fsp3) is 0.190. The fourth-order valence-electron chi connectivity index (χ4n) is 3.54. The van der Waals surface area contributed by atoms with E-state index in [0.717, 1.165) is 35.8 Å². The number of aromatic amines is 1. The number of benzene rings is 2. The van der Waals surface area contributed by atoms with Gasteiger partial charge in [0.1, 0.15) is 0 Å². The molecule has 27 heavy (non-hydrogen) atoms. The molecular weight excluding hydrogens is 342 g/mol. The van der Waals surface area contributed by atoms with Crippen LogP contribution in [0, 0.1) is 0 Å². The minimum absolute atomic E-state index is 0.0476. The van der Waals surface area contributed by atoms with Gasteiger partial charge in [-0.15, -0.1) is 0 Å². The van der Waals surface area contributed by atoms with Crippen LogP contribution in [0.4, 0.5) is 5.69 Å². The van der Waals surface area contributed by atoms with Crippen molar-refractivity contribution in [2.24, 2.45) is 0 Å². The average Bonchev–Trinajstić information content (AvgIpc) is 3.17. The van der Waals surface area contributed by atoms with Crippen molar-refractivity contribution in [3.05, 3.63) is 75.6 Å². The van der Waals surface area contributed by atoms with E-state index < -0.39 is 0 Å². The second-order valence-electron chi connectivity index (χ2n) is 6.62. The van der Waals surface area contributed by atoms with Gasteiger partial charge >= 0.3 is 0 Å². The van der Waals surface area contributed by atoms with Crippen LogP contribution in [0.25, 0.3) is 10.9 Å². The quantitative estimate of drug-likeness (QED) is 0.666. The van der Waals surface area contributed by atoms with Gasteiger partial charge in [0.05, 0.1) is 12.1 Å². The summed E-state index contributed by atoms with van der Waals surface area (Å²) in [7, 11) is 0. The monoisotopic (exact) mass is 361 g/mol. The lowest BCUT2D eigenvalue weighted by atomic mass is 10.1. The maximum Gasteiger partial charge on any atom is 0.251 e. The van der Waals surface area contributed by atoms with Gasteiger partial charge in [-0.2, -0.15) is 0 Å². The molecule has 1 aromatic heterocycles. The molecule has 3 N–H and O–H groups in total. The van der Waals surface area contributed by atoms with Crippen LogP contribution in [0.15, 0.2) is 53.3 Å². The molecule has 1 heterocycles. The van der Waals surface area contributed by atoms with Crippen molar-refractivity contribution in [3.63, 3.8) is 0 Å². The summed E-state index contributed by atoms with van der Waals surface area (Å²) < 4.78 is 0. The molecule has 0 aliphatic heterocycles. The van der Waals surface area contributed by atoms with Crippen LogP contribution in [0.2, 0.25) is 0 Å². The van der Waals surface area contributed by atoms with E-state index >= 15 is 0 Å². The lowest BCUT2D eigenvalue weighted by Crippen LogP contribution is -2.32. The Hall–Kier alpha value is -3.41. The number of aromatic nitrogens is 1. The van der Waals surface area contributed by atoms with Crippen LogP contribution >= 0.6 is 0 Å². The van der Waals surface area contributed by atoms with Crippen LogP contribution in [-0.2, 0) is 17.6 Å². The lowest BCUT2D eigenvalue weighted by molar-refractivity contribution is -0.115. The van der Waals surface area contributed by atoms with Crippen molar-refractivity contribution in [2.45, 2.75) is 19.3 Å². The first kappa shape index (κ1) is 17.0. The summed E-state index contributed by atoms with van der Waals surface area (Å²) in [6, 6.07) is 14.2. The molecule has 0 unspecified atom stereocenters. The topological polar surface area (TPSA) is 91.1 Å². The summed E-state index contributed by atoms with van der Waals surface area (Å²) in [6.07, 6.45) is 2.73. The zero-order chi connectivity index (χ0) is 18.8. The van der Waals surface area contributed by atoms with Gasteiger partial charge < -0.3 is 15.6 Å². The number of carbonyl (C=O) groups excluding carboxylic acids is 2. The van der Waals surface area contributed by atoms with Crippen LogP contribution in [0.3, 0.4) is 0 Å². The molecule has 136 valence electrons. The summed E-state index contributed by atoms with van der Waals surface area (Å²) in [6.45, 7) is -0.132. The Kier molecular flexibility index (Phi) is 4.46. The highest BCUT2D eigenvalue weighted by Gasteiger charge is 2.18. The summed E-state index contributed by atoms with van der Waals surface area (Å²) in [5, 5.41) is 6.37. The van der Waals surface area contributed by atoms with E-state index in [-0.39, 0.29) is 23.9 Å². The van der Waals surface area contributed by atoms with Gasteiger partial charge in [0.15, 0.2) is 0 Å². The van der Waals surface area contributed by atoms with Crippen LogP contribution < -0.4 is 16.2 Å². The molecule has 0 spiro atoms. The maximum absolute atomic E-state index is 12.2. The van der Waals surface area contributed by atoms with E-state index in [0.29, 0.717) is 16.8 Å². The predicted molar refractivity (Wildman–Crippen MR) is 104 cm³/mol. The molecular formula is C21H19N3O3. The Morgan fingerprint density at radius 3 is 2.59 bits per heavy atom. The fourth-order valence-corrected chi connectivity index (χ4v) is 3.54. The van der Waals surface area contributed by atoms with Gasteiger partial charge in [0.25, 0.3) is 11.5 Å². The Morgan fingerprint density at radius 2 is 1.78 bits per heavy atom. The van der Waals surface area contributed by atoms with Crippen LogP contribution in [0.5, 0.6) is 0 Å². The molecule has 2 aromatic carbocycles. The molecule has 6 nitrogen and oxygen atoms in total. The second kappa shape index (κ2) is 7.07. The minimum atomic E-state index is -0.331. The molecule has 0 fully saturated rings. The van der Waals surface area contributed by atoms with E-state index in [2.05, 4.69) is 15.6 Å². The first-order chi connectivity index (χ1) is 13.1. The molecule has 1 aliphatic carbocycles. The molecule has 3 aromatic rings. The molecule has 6 heteroatoms. The summed E-state index contributed by atoms with van der Waals surface area (Å²) in [5.41, 5.74) is 3.74. The summed E-state index contributed by atoms with van der Waals surface area (Å²) >= 11 is 0. The van der Waals surface area contributed by atoms with Crippen molar-refractivity contribution < 1.29 is 9.59 Å². The van der Waals surface area contributed by atoms with Crippen LogP contribution in [0.1, 0.15) is 27.9 Å². The average molecular weight is 361 g/mol. The highest BCUT2D eigenvalue weighted by Crippen LogP contribution is 2.27. The molecule has 1 aliphatic rings. The van der Waals surface area contributed by atoms with E-state index in [4.69, 9.17) is 0 Å². The van der Waals surface area contributed by atoms with E-state index in [1.165, 1.54) is 0 Å². The summed E-state index contributed by atoms with van der Waals surface area (Å²) in [5.74, 6) is -0.633. The van der Waals surface area contributed by atoms with Crippen molar-refractivity contribution in [1.29, 1.82) is 0 Å². The zero-order valence-electron chi connectivity index (χ0n) is 14.7. The van der Waals surface area contributed by atoms with Gasteiger partial charge in [0, 0.05) is 22.2 Å². The second-order valence-corrected chi connectivity index (χ2v) is 6.62. The predicted octanol–water partition coefficient (Wildman–Crippen LogP) is 2.39. The molecule has 0 atom stereocenters. The van der Waals surface area contributed by atoms with Gasteiger partial charge in [-0.25, -0.2) is 0 Å². The van der Waals surface area contributed by atoms with Crippen molar-refractivity contribution in [1.82, 2.24) is 10.3 Å². The number of nitrogens with one attached hydrogen (secondary N) is 3. The molecule has 0 saturated carbocycles. The Labute approximate surface area is 155 Å². The number of fused-ring (bicyclic) bond motifs is 3. The molecule has 4 rings (SSSR count). The number of anilines is 1. The largest absolute Gasteiger partial charge is 0.343 e. The molecule has 0 radical (unpaired) electrons. The Bertz CT molecular complexity index is 1090. The van der Waals surface area contributed by atoms with Gasteiger partial charge in [-0.3, -0.25) is 14.4 Å². The van der Waals surface area contributed by atoms with Crippen molar-refractivity contribution >= 4 is 28.4 Å². The number of hydrogen-bond acceptors (Lipinski definition) is 3. The number of hydrogen-bond donors (Lipinski definition) is 3. The third kappa shape index (κ3) is 3.46. The third-order valence-electron chi connectivity index (χ3n) is 4.81. The normalized spacial score (nSPS) is 12.6. The van der Waals surface area contributed by atoms with E-state index in [1.807, 2.05) is 18.2 Å². The number of rotatable bonds is 4. The highest BCUT2D eigenvalue weighted by molar-refractivity contribution is 6.00. The molecule has 0 saturated heterocycles. The SMILES string of the molecule is O=C(CNC(=O)c1ccccc1)Nc1ccc2c3c(c(=O)[nH]c2c1)CCC3. The van der Waals surface area contributed by atoms with Crippen molar-refractivity contribution in [2.75, 3.05) is 11.9 Å². The van der Waals surface area contributed by atoms with E-state index in [9.17, 15) is 14.4 Å². The first-order valence-electron chi connectivity index (χ1n) is 8.93.